The van der Waals surface area contributed by atoms with Gasteiger partial charge in [-0.2, -0.15) is 13.2 Å². The number of aliphatic carboxylic acids is 1. The van der Waals surface area contributed by atoms with Crippen LogP contribution in [-0.4, -0.2) is 29.6 Å². The Kier molecular flexibility index (Phi) is 9.31. The number of hydrogen-bond acceptors (Lipinski definition) is 3. The van der Waals surface area contributed by atoms with Crippen molar-refractivity contribution in [1.29, 1.82) is 0 Å². The van der Waals surface area contributed by atoms with Crippen LogP contribution in [0.15, 0.2) is 22.7 Å². The standard InChI is InChI=1S/C14H16BrF3N2O3.ClH/c1-2-3-11(13(22)23)19-7-12(21)20-8-4-5-10(15)9(6-8)14(16,17)18;/h4-6,11,19H,2-3,7H2,1H3,(H,20,21)(H,22,23);1H. The first-order chi connectivity index (χ1) is 10.6. The zero-order valence-corrected chi connectivity index (χ0v) is 15.0. The van der Waals surface area contributed by atoms with Gasteiger partial charge in [0.1, 0.15) is 6.04 Å². The van der Waals surface area contributed by atoms with E-state index in [4.69, 9.17) is 5.11 Å². The van der Waals surface area contributed by atoms with Crippen molar-refractivity contribution in [2.75, 3.05) is 11.9 Å². The summed E-state index contributed by atoms with van der Waals surface area (Å²) in [5, 5.41) is 13.8. The molecule has 0 fully saturated rings. The molecule has 0 spiro atoms. The fraction of sp³-hybridized carbons (Fsp3) is 0.429. The highest BCUT2D eigenvalue weighted by Gasteiger charge is 2.33. The number of carbonyl (C=O) groups excluding carboxylic acids is 1. The predicted octanol–water partition coefficient (Wildman–Crippen LogP) is 3.67. The van der Waals surface area contributed by atoms with Crippen molar-refractivity contribution in [1.82, 2.24) is 5.32 Å². The smallest absolute Gasteiger partial charge is 0.417 e. The van der Waals surface area contributed by atoms with E-state index in [9.17, 15) is 22.8 Å². The number of amides is 1. The molecule has 1 unspecified atom stereocenters. The topological polar surface area (TPSA) is 78.4 Å². The molecule has 0 aliphatic carbocycles. The molecule has 0 aliphatic heterocycles. The van der Waals surface area contributed by atoms with Crippen LogP contribution in [0.1, 0.15) is 25.3 Å². The van der Waals surface area contributed by atoms with Crippen LogP contribution < -0.4 is 10.6 Å². The van der Waals surface area contributed by atoms with Crippen molar-refractivity contribution in [3.63, 3.8) is 0 Å². The number of hydrogen-bond donors (Lipinski definition) is 3. The minimum Gasteiger partial charge on any atom is -0.480 e. The van der Waals surface area contributed by atoms with Crippen molar-refractivity contribution in [3.05, 3.63) is 28.2 Å². The number of rotatable bonds is 7. The highest BCUT2D eigenvalue weighted by Crippen LogP contribution is 2.36. The zero-order valence-electron chi connectivity index (χ0n) is 12.6. The molecule has 1 aromatic rings. The Morgan fingerprint density at radius 2 is 1.96 bits per heavy atom. The first-order valence-corrected chi connectivity index (χ1v) is 7.57. The molecule has 0 bridgehead atoms. The van der Waals surface area contributed by atoms with Crippen LogP contribution in [0.4, 0.5) is 18.9 Å². The van der Waals surface area contributed by atoms with E-state index in [2.05, 4.69) is 26.6 Å². The summed E-state index contributed by atoms with van der Waals surface area (Å²) in [5.41, 5.74) is -0.924. The summed E-state index contributed by atoms with van der Waals surface area (Å²) in [4.78, 5) is 22.7. The lowest BCUT2D eigenvalue weighted by molar-refractivity contribution is -0.140. The monoisotopic (exact) mass is 432 g/mol. The van der Waals surface area contributed by atoms with Crippen molar-refractivity contribution < 1.29 is 27.9 Å². The molecule has 1 amide bonds. The van der Waals surface area contributed by atoms with Crippen LogP contribution in [-0.2, 0) is 15.8 Å². The highest BCUT2D eigenvalue weighted by atomic mass is 79.9. The quantitative estimate of drug-likeness (QED) is 0.613. The van der Waals surface area contributed by atoms with E-state index in [0.29, 0.717) is 12.8 Å². The van der Waals surface area contributed by atoms with Gasteiger partial charge in [0, 0.05) is 10.2 Å². The fourth-order valence-corrected chi connectivity index (χ4v) is 2.31. The maximum atomic E-state index is 12.8. The third-order valence-corrected chi connectivity index (χ3v) is 3.63. The molecule has 0 aliphatic rings. The third-order valence-electron chi connectivity index (χ3n) is 2.94. The number of nitrogens with one attached hydrogen (secondary N) is 2. The molecule has 0 heterocycles. The van der Waals surface area contributed by atoms with Gasteiger partial charge in [-0.25, -0.2) is 0 Å². The van der Waals surface area contributed by atoms with E-state index in [1.54, 1.807) is 6.92 Å². The van der Waals surface area contributed by atoms with Crippen molar-refractivity contribution in [2.24, 2.45) is 0 Å². The molecule has 3 N–H and O–H groups in total. The van der Waals surface area contributed by atoms with Crippen LogP contribution in [0, 0.1) is 0 Å². The Morgan fingerprint density at radius 3 is 2.46 bits per heavy atom. The van der Waals surface area contributed by atoms with E-state index in [0.717, 1.165) is 6.07 Å². The van der Waals surface area contributed by atoms with E-state index in [-0.39, 0.29) is 29.1 Å². The Balaban J connectivity index is 0.00000529. The van der Waals surface area contributed by atoms with Gasteiger partial charge in [-0.1, -0.05) is 29.3 Å². The Morgan fingerprint density at radius 1 is 1.33 bits per heavy atom. The van der Waals surface area contributed by atoms with Crippen LogP contribution in [0.2, 0.25) is 0 Å². The van der Waals surface area contributed by atoms with E-state index in [1.165, 1.54) is 12.1 Å². The lowest BCUT2D eigenvalue weighted by Crippen LogP contribution is -2.41. The zero-order chi connectivity index (χ0) is 17.6. The van der Waals surface area contributed by atoms with E-state index >= 15 is 0 Å². The lowest BCUT2D eigenvalue weighted by Gasteiger charge is -2.14. The molecule has 0 aromatic heterocycles. The van der Waals surface area contributed by atoms with E-state index < -0.39 is 29.7 Å². The number of benzene rings is 1. The van der Waals surface area contributed by atoms with E-state index in [1.807, 2.05) is 0 Å². The number of halogens is 5. The van der Waals surface area contributed by atoms with Crippen molar-refractivity contribution in [2.45, 2.75) is 32.0 Å². The van der Waals surface area contributed by atoms with Crippen molar-refractivity contribution in [3.8, 4) is 0 Å². The molecule has 0 radical (unpaired) electrons. The number of alkyl halides is 3. The summed E-state index contributed by atoms with van der Waals surface area (Å²) in [6.45, 7) is 1.49. The van der Waals surface area contributed by atoms with Gasteiger partial charge in [0.05, 0.1) is 12.1 Å². The molecule has 1 rings (SSSR count). The summed E-state index contributed by atoms with van der Waals surface area (Å²) in [7, 11) is 0. The van der Waals surface area contributed by atoms with Crippen LogP contribution in [0.5, 0.6) is 0 Å². The van der Waals surface area contributed by atoms with Crippen LogP contribution >= 0.6 is 28.3 Å². The maximum absolute atomic E-state index is 12.8. The van der Waals surface area contributed by atoms with Crippen LogP contribution in [0.25, 0.3) is 0 Å². The summed E-state index contributed by atoms with van der Waals surface area (Å²) in [6.07, 6.45) is -3.58. The van der Waals surface area contributed by atoms with Gasteiger partial charge in [0.2, 0.25) is 5.91 Å². The minimum atomic E-state index is -4.55. The lowest BCUT2D eigenvalue weighted by atomic mass is 10.1. The molecule has 1 atom stereocenters. The third kappa shape index (κ3) is 7.06. The Labute approximate surface area is 151 Å². The highest BCUT2D eigenvalue weighted by molar-refractivity contribution is 9.10. The second-order valence-corrected chi connectivity index (χ2v) is 5.66. The molecule has 5 nitrogen and oxygen atoms in total. The fourth-order valence-electron chi connectivity index (χ4n) is 1.84. The maximum Gasteiger partial charge on any atom is 0.417 e. The summed E-state index contributed by atoms with van der Waals surface area (Å²) >= 11 is 2.81. The predicted molar refractivity (Wildman–Crippen MR) is 89.4 cm³/mol. The molecule has 10 heteroatoms. The summed E-state index contributed by atoms with van der Waals surface area (Å²) < 4.78 is 38.2. The first kappa shape index (κ1) is 22.7. The summed E-state index contributed by atoms with van der Waals surface area (Å²) in [6, 6.07) is 2.44. The minimum absolute atomic E-state index is 0. The number of carbonyl (C=O) groups is 2. The van der Waals surface area contributed by atoms with Gasteiger partial charge in [0.25, 0.3) is 0 Å². The second kappa shape index (κ2) is 9.85. The Hall–Kier alpha value is -1.32. The molecule has 0 saturated carbocycles. The molecular weight excluding hydrogens is 417 g/mol. The largest absolute Gasteiger partial charge is 0.480 e. The van der Waals surface area contributed by atoms with Gasteiger partial charge in [-0.15, -0.1) is 12.4 Å². The van der Waals surface area contributed by atoms with Gasteiger partial charge in [0.15, 0.2) is 0 Å². The number of anilines is 1. The Bertz CT molecular complexity index is 585. The SMILES string of the molecule is CCCC(NCC(=O)Nc1ccc(Br)c(C(F)(F)F)c1)C(=O)O.Cl. The van der Waals surface area contributed by atoms with Gasteiger partial charge >= 0.3 is 12.1 Å². The summed E-state index contributed by atoms with van der Waals surface area (Å²) in [5.74, 6) is -1.70. The molecule has 24 heavy (non-hydrogen) atoms. The number of carboxylic acid groups (broad SMARTS) is 1. The van der Waals surface area contributed by atoms with Gasteiger partial charge in [-0.05, 0) is 24.6 Å². The average molecular weight is 434 g/mol. The average Bonchev–Trinajstić information content (AvgIpc) is 2.44. The first-order valence-electron chi connectivity index (χ1n) is 6.78. The molecular formula is C14H17BrClF3N2O3. The second-order valence-electron chi connectivity index (χ2n) is 4.80. The molecule has 1 aromatic carbocycles. The van der Waals surface area contributed by atoms with Gasteiger partial charge < -0.3 is 10.4 Å². The number of carboxylic acids is 1. The molecule has 136 valence electrons. The normalized spacial score (nSPS) is 12.2. The van der Waals surface area contributed by atoms with Crippen molar-refractivity contribution >= 4 is 45.9 Å². The van der Waals surface area contributed by atoms with Gasteiger partial charge in [-0.3, -0.25) is 14.9 Å². The van der Waals surface area contributed by atoms with Crippen LogP contribution in [0.3, 0.4) is 0 Å². The molecule has 0 saturated heterocycles.